The maximum absolute atomic E-state index is 6.20. The Morgan fingerprint density at radius 2 is 2.18 bits per heavy atom. The third-order valence-electron chi connectivity index (χ3n) is 6.45. The first kappa shape index (κ1) is 19.4. The Labute approximate surface area is 167 Å². The molecule has 0 bridgehead atoms. The third-order valence-corrected chi connectivity index (χ3v) is 6.45. The van der Waals surface area contributed by atoms with Crippen molar-refractivity contribution in [3.05, 3.63) is 41.9 Å². The maximum atomic E-state index is 6.20. The highest BCUT2D eigenvalue weighted by atomic mass is 16.5. The summed E-state index contributed by atoms with van der Waals surface area (Å²) in [4.78, 5) is 6.92. The Morgan fingerprint density at radius 1 is 1.29 bits per heavy atom. The molecule has 2 fully saturated rings. The lowest BCUT2D eigenvalue weighted by Crippen LogP contribution is -2.52. The van der Waals surface area contributed by atoms with Gasteiger partial charge in [-0.2, -0.15) is 5.10 Å². The van der Waals surface area contributed by atoms with Gasteiger partial charge in [0.1, 0.15) is 6.10 Å². The molecule has 0 N–H and O–H groups in total. The smallest absolute Gasteiger partial charge is 0.213 e. The van der Waals surface area contributed by atoms with Crippen molar-refractivity contribution in [3.8, 4) is 5.88 Å². The zero-order valence-electron chi connectivity index (χ0n) is 17.3. The van der Waals surface area contributed by atoms with Gasteiger partial charge in [-0.15, -0.1) is 0 Å². The van der Waals surface area contributed by atoms with Crippen LogP contribution >= 0.6 is 0 Å². The molecule has 152 valence electrons. The van der Waals surface area contributed by atoms with Gasteiger partial charge in [-0.25, -0.2) is 4.98 Å². The molecule has 6 heteroatoms. The lowest BCUT2D eigenvalue weighted by Gasteiger charge is -2.43. The molecule has 1 saturated carbocycles. The number of likely N-dealkylation sites (tertiary alicyclic amines) is 1. The summed E-state index contributed by atoms with van der Waals surface area (Å²) in [6.07, 6.45) is 9.42. The van der Waals surface area contributed by atoms with Crippen molar-refractivity contribution >= 4 is 0 Å². The predicted molar refractivity (Wildman–Crippen MR) is 108 cm³/mol. The standard InChI is InChI=1S/C22H32N4O2/c1-4-12-26-16-18(17(2)24-26)15-25-13-10-22(27-3)9-8-19(14-20(22)25)28-21-7-5-6-11-23-21/h5-7,11,16,19-20H,4,8-10,12-15H2,1-3H3/t19-,20-,22+/m0/s1. The highest BCUT2D eigenvalue weighted by molar-refractivity contribution is 5.18. The zero-order valence-corrected chi connectivity index (χ0v) is 17.3. The first-order chi connectivity index (χ1) is 13.6. The average molecular weight is 385 g/mol. The van der Waals surface area contributed by atoms with Gasteiger partial charge in [0.2, 0.25) is 5.88 Å². The molecular weight excluding hydrogens is 352 g/mol. The minimum atomic E-state index is -0.0444. The molecule has 0 spiro atoms. The molecule has 2 aliphatic rings. The number of ether oxygens (including phenoxy) is 2. The number of nitrogens with zero attached hydrogens (tertiary/aromatic N) is 4. The number of aromatic nitrogens is 3. The van der Waals surface area contributed by atoms with E-state index in [1.807, 2.05) is 25.3 Å². The van der Waals surface area contributed by atoms with Crippen molar-refractivity contribution < 1.29 is 9.47 Å². The maximum Gasteiger partial charge on any atom is 0.213 e. The summed E-state index contributed by atoms with van der Waals surface area (Å²) < 4.78 is 14.4. The van der Waals surface area contributed by atoms with Gasteiger partial charge < -0.3 is 9.47 Å². The van der Waals surface area contributed by atoms with Gasteiger partial charge >= 0.3 is 0 Å². The first-order valence-electron chi connectivity index (χ1n) is 10.5. The SMILES string of the molecule is CCCn1cc(CN2CC[C@]3(OC)CC[C@H](Oc4ccccn4)C[C@H]23)c(C)n1. The highest BCUT2D eigenvalue weighted by Gasteiger charge is 2.51. The van der Waals surface area contributed by atoms with Gasteiger partial charge in [0, 0.05) is 63.2 Å². The molecular formula is C22H32N4O2. The van der Waals surface area contributed by atoms with E-state index in [0.29, 0.717) is 6.04 Å². The van der Waals surface area contributed by atoms with Crippen LogP contribution in [0, 0.1) is 6.92 Å². The second-order valence-electron chi connectivity index (χ2n) is 8.19. The number of methoxy groups -OCH3 is 1. The number of hydrogen-bond acceptors (Lipinski definition) is 5. The summed E-state index contributed by atoms with van der Waals surface area (Å²) in [5, 5.41) is 4.68. The van der Waals surface area contributed by atoms with Crippen molar-refractivity contribution in [2.24, 2.45) is 0 Å². The number of pyridine rings is 1. The Hall–Kier alpha value is -1.92. The van der Waals surface area contributed by atoms with Crippen LogP contribution in [-0.4, -0.2) is 51.1 Å². The molecule has 2 aromatic rings. The van der Waals surface area contributed by atoms with Gasteiger partial charge in [-0.3, -0.25) is 9.58 Å². The Morgan fingerprint density at radius 3 is 2.93 bits per heavy atom. The lowest BCUT2D eigenvalue weighted by atomic mass is 9.79. The molecule has 1 aliphatic carbocycles. The monoisotopic (exact) mass is 384 g/mol. The highest BCUT2D eigenvalue weighted by Crippen LogP contribution is 2.43. The fourth-order valence-electron chi connectivity index (χ4n) is 4.92. The summed E-state index contributed by atoms with van der Waals surface area (Å²) in [6.45, 7) is 7.28. The molecule has 0 unspecified atom stereocenters. The summed E-state index contributed by atoms with van der Waals surface area (Å²) >= 11 is 0. The minimum Gasteiger partial charge on any atom is -0.474 e. The van der Waals surface area contributed by atoms with E-state index in [0.717, 1.165) is 63.3 Å². The van der Waals surface area contributed by atoms with Crippen LogP contribution in [0.3, 0.4) is 0 Å². The molecule has 1 saturated heterocycles. The molecule has 4 rings (SSSR count). The van der Waals surface area contributed by atoms with Crippen molar-refractivity contribution in [2.75, 3.05) is 13.7 Å². The van der Waals surface area contributed by atoms with E-state index in [2.05, 4.69) is 39.7 Å². The van der Waals surface area contributed by atoms with Crippen molar-refractivity contribution in [1.82, 2.24) is 19.7 Å². The normalized spacial score (nSPS) is 27.7. The lowest BCUT2D eigenvalue weighted by molar-refractivity contribution is -0.0843. The molecule has 3 heterocycles. The molecule has 3 atom stereocenters. The third kappa shape index (κ3) is 3.80. The van der Waals surface area contributed by atoms with Crippen LogP contribution in [0.25, 0.3) is 0 Å². The molecule has 0 aromatic carbocycles. The molecule has 28 heavy (non-hydrogen) atoms. The quantitative estimate of drug-likeness (QED) is 0.730. The first-order valence-corrected chi connectivity index (χ1v) is 10.5. The van der Waals surface area contributed by atoms with E-state index < -0.39 is 0 Å². The second-order valence-corrected chi connectivity index (χ2v) is 8.19. The van der Waals surface area contributed by atoms with Crippen molar-refractivity contribution in [2.45, 2.75) is 76.8 Å². The number of rotatable bonds is 7. The van der Waals surface area contributed by atoms with Crippen molar-refractivity contribution in [3.63, 3.8) is 0 Å². The van der Waals surface area contributed by atoms with Gasteiger partial charge in [0.15, 0.2) is 0 Å². The summed E-state index contributed by atoms with van der Waals surface area (Å²) in [6, 6.07) is 6.21. The summed E-state index contributed by atoms with van der Waals surface area (Å²) in [5.41, 5.74) is 2.42. The van der Waals surface area contributed by atoms with Crippen LogP contribution in [-0.2, 0) is 17.8 Å². The van der Waals surface area contributed by atoms with E-state index in [1.54, 1.807) is 6.20 Å². The Balaban J connectivity index is 1.48. The van der Waals surface area contributed by atoms with Crippen LogP contribution in [0.2, 0.25) is 0 Å². The minimum absolute atomic E-state index is 0.0444. The van der Waals surface area contributed by atoms with E-state index in [1.165, 1.54) is 5.56 Å². The number of aryl methyl sites for hydroxylation is 2. The molecule has 0 amide bonds. The van der Waals surface area contributed by atoms with Crippen molar-refractivity contribution in [1.29, 1.82) is 0 Å². The van der Waals surface area contributed by atoms with Crippen LogP contribution < -0.4 is 4.74 Å². The van der Waals surface area contributed by atoms with Crippen LogP contribution in [0.4, 0.5) is 0 Å². The van der Waals surface area contributed by atoms with E-state index >= 15 is 0 Å². The predicted octanol–water partition coefficient (Wildman–Crippen LogP) is 3.59. The van der Waals surface area contributed by atoms with Gasteiger partial charge in [-0.05, 0) is 38.7 Å². The summed E-state index contributed by atoms with van der Waals surface area (Å²) in [7, 11) is 1.88. The number of fused-ring (bicyclic) bond motifs is 1. The molecule has 2 aromatic heterocycles. The molecule has 6 nitrogen and oxygen atoms in total. The fourth-order valence-corrected chi connectivity index (χ4v) is 4.92. The van der Waals surface area contributed by atoms with Gasteiger partial charge in [-0.1, -0.05) is 13.0 Å². The van der Waals surface area contributed by atoms with Crippen LogP contribution in [0.15, 0.2) is 30.6 Å². The summed E-state index contributed by atoms with van der Waals surface area (Å²) in [5.74, 6) is 0.721. The van der Waals surface area contributed by atoms with Gasteiger partial charge in [0.05, 0.1) is 11.3 Å². The van der Waals surface area contributed by atoms with Crippen LogP contribution in [0.5, 0.6) is 5.88 Å². The van der Waals surface area contributed by atoms with E-state index in [4.69, 9.17) is 9.47 Å². The van der Waals surface area contributed by atoms with E-state index in [-0.39, 0.29) is 11.7 Å². The molecule has 0 radical (unpaired) electrons. The Kier molecular flexibility index (Phi) is 5.69. The number of hydrogen-bond donors (Lipinski definition) is 0. The van der Waals surface area contributed by atoms with Gasteiger partial charge in [0.25, 0.3) is 0 Å². The zero-order chi connectivity index (χ0) is 19.6. The van der Waals surface area contributed by atoms with Crippen LogP contribution in [0.1, 0.15) is 50.3 Å². The second kappa shape index (κ2) is 8.21. The molecule has 1 aliphatic heterocycles. The fraction of sp³-hybridized carbons (Fsp3) is 0.636. The largest absolute Gasteiger partial charge is 0.474 e. The van der Waals surface area contributed by atoms with E-state index in [9.17, 15) is 0 Å². The average Bonchev–Trinajstić information content (AvgIpc) is 3.24. The topological polar surface area (TPSA) is 52.4 Å². The Bertz CT molecular complexity index is 778.